The molecule has 3 aromatic rings. The van der Waals surface area contributed by atoms with Crippen LogP contribution in [0.1, 0.15) is 18.8 Å². The molecule has 3 unspecified atom stereocenters. The van der Waals surface area contributed by atoms with Gasteiger partial charge in [-0.25, -0.2) is 4.79 Å². The molecule has 2 aliphatic rings. The Hall–Kier alpha value is -2.71. The first-order valence-electron chi connectivity index (χ1n) is 10.0. The van der Waals surface area contributed by atoms with Crippen molar-refractivity contribution in [1.29, 1.82) is 0 Å². The molecule has 30 heavy (non-hydrogen) atoms. The lowest BCUT2D eigenvalue weighted by atomic mass is 9.92. The SMILES string of the molecule is C[C@@H]1OC2COC(c3ccccc3)O[C@@H]2C(O)[C@H]1Nc1ccc2ccc(=O)oc2c1. The summed E-state index contributed by atoms with van der Waals surface area (Å²) in [7, 11) is 0. The smallest absolute Gasteiger partial charge is 0.336 e. The normalized spacial score (nSPS) is 31.3. The molecule has 0 saturated carbocycles. The van der Waals surface area contributed by atoms with E-state index in [2.05, 4.69) is 5.32 Å². The molecule has 0 bridgehead atoms. The lowest BCUT2D eigenvalue weighted by Crippen LogP contribution is -2.63. The number of aliphatic hydroxyl groups is 1. The maximum absolute atomic E-state index is 11.5. The summed E-state index contributed by atoms with van der Waals surface area (Å²) >= 11 is 0. The highest BCUT2D eigenvalue weighted by molar-refractivity contribution is 5.80. The highest BCUT2D eigenvalue weighted by atomic mass is 16.7. The van der Waals surface area contributed by atoms with E-state index in [1.165, 1.54) is 6.07 Å². The molecule has 1 aromatic heterocycles. The predicted molar refractivity (Wildman–Crippen MR) is 110 cm³/mol. The summed E-state index contributed by atoms with van der Waals surface area (Å²) in [4.78, 5) is 11.5. The fraction of sp³-hybridized carbons (Fsp3) is 0.348. The molecule has 3 heterocycles. The van der Waals surface area contributed by atoms with Gasteiger partial charge in [0.2, 0.25) is 0 Å². The van der Waals surface area contributed by atoms with Gasteiger partial charge >= 0.3 is 5.63 Å². The van der Waals surface area contributed by atoms with Crippen molar-refractivity contribution in [2.45, 2.75) is 43.7 Å². The fourth-order valence-electron chi connectivity index (χ4n) is 4.14. The van der Waals surface area contributed by atoms with Crippen LogP contribution in [0, 0.1) is 0 Å². The number of aliphatic hydroxyl groups excluding tert-OH is 1. The van der Waals surface area contributed by atoms with Crippen molar-refractivity contribution in [3.8, 4) is 0 Å². The van der Waals surface area contributed by atoms with E-state index in [1.807, 2.05) is 49.4 Å². The molecule has 2 N–H and O–H groups in total. The van der Waals surface area contributed by atoms with Crippen LogP contribution in [0.5, 0.6) is 0 Å². The van der Waals surface area contributed by atoms with Crippen LogP contribution in [0.15, 0.2) is 69.9 Å². The second-order valence-corrected chi connectivity index (χ2v) is 7.72. The van der Waals surface area contributed by atoms with Gasteiger partial charge < -0.3 is 29.1 Å². The Morgan fingerprint density at radius 1 is 1.03 bits per heavy atom. The minimum atomic E-state index is -0.813. The van der Waals surface area contributed by atoms with Crippen molar-refractivity contribution in [2.24, 2.45) is 0 Å². The lowest BCUT2D eigenvalue weighted by molar-refractivity contribution is -0.310. The van der Waals surface area contributed by atoms with Crippen molar-refractivity contribution in [3.63, 3.8) is 0 Å². The van der Waals surface area contributed by atoms with Gasteiger partial charge in [0, 0.05) is 28.8 Å². The third-order valence-electron chi connectivity index (χ3n) is 5.69. The number of rotatable bonds is 3. The Morgan fingerprint density at radius 2 is 1.83 bits per heavy atom. The number of fused-ring (bicyclic) bond motifs is 2. The lowest BCUT2D eigenvalue weighted by Gasteiger charge is -2.47. The standard InChI is InChI=1S/C23H23NO6/c1-13-20(24-16-9-7-14-8-10-19(25)29-17(14)11-16)21(26)22-18(28-13)12-27-23(30-22)15-5-3-2-4-6-15/h2-11,13,18,20-24,26H,12H2,1H3/t13-,18?,20-,21?,22-,23?/m0/s1. The zero-order chi connectivity index (χ0) is 20.7. The quantitative estimate of drug-likeness (QED) is 0.643. The van der Waals surface area contributed by atoms with E-state index in [1.54, 1.807) is 12.1 Å². The molecular formula is C23H23NO6. The zero-order valence-electron chi connectivity index (χ0n) is 16.4. The molecule has 5 rings (SSSR count). The average Bonchev–Trinajstić information content (AvgIpc) is 2.77. The molecule has 0 radical (unpaired) electrons. The van der Waals surface area contributed by atoms with Gasteiger partial charge in [-0.1, -0.05) is 30.3 Å². The second kappa shape index (κ2) is 7.85. The number of hydrogen-bond acceptors (Lipinski definition) is 7. The van der Waals surface area contributed by atoms with Gasteiger partial charge in [0.25, 0.3) is 0 Å². The van der Waals surface area contributed by atoms with Crippen LogP contribution in [-0.2, 0) is 14.2 Å². The summed E-state index contributed by atoms with van der Waals surface area (Å²) in [6, 6.07) is 17.8. The number of benzene rings is 2. The van der Waals surface area contributed by atoms with E-state index in [0.29, 0.717) is 12.2 Å². The highest BCUT2D eigenvalue weighted by Gasteiger charge is 2.48. The van der Waals surface area contributed by atoms with E-state index in [-0.39, 0.29) is 12.2 Å². The summed E-state index contributed by atoms with van der Waals surface area (Å²) in [5.74, 6) is 0. The van der Waals surface area contributed by atoms with Gasteiger partial charge in [-0.05, 0) is 25.1 Å². The molecule has 2 aromatic carbocycles. The molecule has 6 atom stereocenters. The van der Waals surface area contributed by atoms with Crippen molar-refractivity contribution < 1.29 is 23.7 Å². The van der Waals surface area contributed by atoms with Crippen molar-refractivity contribution in [1.82, 2.24) is 0 Å². The van der Waals surface area contributed by atoms with Crippen LogP contribution in [-0.4, -0.2) is 42.2 Å². The van der Waals surface area contributed by atoms with E-state index in [0.717, 1.165) is 16.6 Å². The van der Waals surface area contributed by atoms with Gasteiger partial charge in [0.1, 0.15) is 23.9 Å². The van der Waals surface area contributed by atoms with E-state index < -0.39 is 30.2 Å². The minimum Gasteiger partial charge on any atom is -0.423 e. The Labute approximate surface area is 173 Å². The Bertz CT molecular complexity index is 1080. The summed E-state index contributed by atoms with van der Waals surface area (Å²) in [6.07, 6.45) is -2.51. The minimum absolute atomic E-state index is 0.278. The maximum Gasteiger partial charge on any atom is 0.336 e. The molecular weight excluding hydrogens is 386 g/mol. The topological polar surface area (TPSA) is 90.2 Å². The summed E-state index contributed by atoms with van der Waals surface area (Å²) < 4.78 is 23.3. The fourth-order valence-corrected chi connectivity index (χ4v) is 4.14. The highest BCUT2D eigenvalue weighted by Crippen LogP contribution is 2.35. The van der Waals surface area contributed by atoms with Gasteiger partial charge in [-0.2, -0.15) is 0 Å². The largest absolute Gasteiger partial charge is 0.423 e. The molecule has 0 aliphatic carbocycles. The molecule has 2 saturated heterocycles. The van der Waals surface area contributed by atoms with Crippen LogP contribution >= 0.6 is 0 Å². The predicted octanol–water partition coefficient (Wildman–Crippen LogP) is 2.84. The van der Waals surface area contributed by atoms with Gasteiger partial charge in [0.05, 0.1) is 18.8 Å². The van der Waals surface area contributed by atoms with Crippen LogP contribution in [0.3, 0.4) is 0 Å². The average molecular weight is 409 g/mol. The first-order chi connectivity index (χ1) is 14.6. The maximum atomic E-state index is 11.5. The van der Waals surface area contributed by atoms with E-state index in [9.17, 15) is 9.90 Å². The monoisotopic (exact) mass is 409 g/mol. The molecule has 0 spiro atoms. The number of anilines is 1. The van der Waals surface area contributed by atoms with Crippen LogP contribution in [0.25, 0.3) is 11.0 Å². The molecule has 7 heteroatoms. The molecule has 7 nitrogen and oxygen atoms in total. The second-order valence-electron chi connectivity index (χ2n) is 7.72. The van der Waals surface area contributed by atoms with Crippen LogP contribution in [0.4, 0.5) is 5.69 Å². The van der Waals surface area contributed by atoms with Gasteiger partial charge in [0.15, 0.2) is 6.29 Å². The number of ether oxygens (including phenoxy) is 3. The van der Waals surface area contributed by atoms with E-state index >= 15 is 0 Å². The molecule has 2 aliphatic heterocycles. The summed E-state index contributed by atoms with van der Waals surface area (Å²) in [6.45, 7) is 2.25. The van der Waals surface area contributed by atoms with Gasteiger partial charge in [-0.3, -0.25) is 0 Å². The molecule has 156 valence electrons. The third-order valence-corrected chi connectivity index (χ3v) is 5.69. The summed E-state index contributed by atoms with van der Waals surface area (Å²) in [5.41, 5.74) is 1.70. The number of hydrogen-bond donors (Lipinski definition) is 2. The van der Waals surface area contributed by atoms with Gasteiger partial charge in [-0.15, -0.1) is 0 Å². The van der Waals surface area contributed by atoms with Crippen molar-refractivity contribution in [3.05, 3.63) is 76.6 Å². The Kier molecular flexibility index (Phi) is 5.04. The summed E-state index contributed by atoms with van der Waals surface area (Å²) in [5, 5.41) is 15.3. The Balaban J connectivity index is 1.36. The Morgan fingerprint density at radius 3 is 2.67 bits per heavy atom. The third kappa shape index (κ3) is 3.61. The van der Waals surface area contributed by atoms with Crippen molar-refractivity contribution in [2.75, 3.05) is 11.9 Å². The van der Waals surface area contributed by atoms with Crippen molar-refractivity contribution >= 4 is 16.7 Å². The van der Waals surface area contributed by atoms with Crippen LogP contribution < -0.4 is 10.9 Å². The van der Waals surface area contributed by atoms with Crippen LogP contribution in [0.2, 0.25) is 0 Å². The first kappa shape index (κ1) is 19.3. The molecule has 0 amide bonds. The van der Waals surface area contributed by atoms with E-state index in [4.69, 9.17) is 18.6 Å². The first-order valence-corrected chi connectivity index (χ1v) is 10.0. The number of nitrogens with one attached hydrogen (secondary N) is 1. The zero-order valence-corrected chi connectivity index (χ0v) is 16.4. The molecule has 2 fully saturated rings.